The molecular formula is C12H17ClFNO3S. The van der Waals surface area contributed by atoms with Crippen LogP contribution in [0.4, 0.5) is 4.39 Å². The standard InChI is InChI=1S/C12H17ClFNO3S/c1-8(2)11(16)5-6-15-19(17,18)12-4-3-9(14)7-10(12)13/h3-4,7-8,11,15-16H,5-6H2,1-2H3. The normalized spacial score (nSPS) is 13.8. The van der Waals surface area contributed by atoms with Crippen molar-refractivity contribution < 1.29 is 17.9 Å². The van der Waals surface area contributed by atoms with Crippen LogP contribution in [0, 0.1) is 11.7 Å². The van der Waals surface area contributed by atoms with Gasteiger partial charge < -0.3 is 5.11 Å². The Kier molecular flexibility index (Phi) is 5.73. The molecule has 2 N–H and O–H groups in total. The van der Waals surface area contributed by atoms with Crippen LogP contribution in [-0.2, 0) is 10.0 Å². The Morgan fingerprint density at radius 3 is 2.58 bits per heavy atom. The average molecular weight is 310 g/mol. The third kappa shape index (κ3) is 4.72. The molecule has 0 aromatic heterocycles. The van der Waals surface area contributed by atoms with E-state index >= 15 is 0 Å². The number of sulfonamides is 1. The zero-order valence-corrected chi connectivity index (χ0v) is 12.3. The van der Waals surface area contributed by atoms with E-state index in [1.54, 1.807) is 0 Å². The fourth-order valence-corrected chi connectivity index (χ4v) is 3.02. The minimum absolute atomic E-state index is 0.0545. The molecule has 1 aromatic carbocycles. The fourth-order valence-electron chi connectivity index (χ4n) is 1.45. The Bertz CT molecular complexity index is 534. The number of benzene rings is 1. The maximum Gasteiger partial charge on any atom is 0.242 e. The Labute approximate surface area is 117 Å². The lowest BCUT2D eigenvalue weighted by Gasteiger charge is -2.14. The van der Waals surface area contributed by atoms with Crippen LogP contribution in [0.2, 0.25) is 5.02 Å². The summed E-state index contributed by atoms with van der Waals surface area (Å²) in [6, 6.07) is 3.08. The Morgan fingerprint density at radius 1 is 1.42 bits per heavy atom. The highest BCUT2D eigenvalue weighted by Gasteiger charge is 2.18. The summed E-state index contributed by atoms with van der Waals surface area (Å²) in [4.78, 5) is -0.172. The Balaban J connectivity index is 2.71. The van der Waals surface area contributed by atoms with Gasteiger partial charge in [-0.3, -0.25) is 0 Å². The first-order valence-corrected chi connectivity index (χ1v) is 7.73. The maximum atomic E-state index is 12.8. The van der Waals surface area contributed by atoms with Crippen molar-refractivity contribution in [3.63, 3.8) is 0 Å². The molecule has 19 heavy (non-hydrogen) atoms. The summed E-state index contributed by atoms with van der Waals surface area (Å²) in [7, 11) is -3.79. The van der Waals surface area contributed by atoms with E-state index in [1.807, 2.05) is 13.8 Å². The Morgan fingerprint density at radius 2 is 2.05 bits per heavy atom. The summed E-state index contributed by atoms with van der Waals surface area (Å²) < 4.78 is 39.0. The summed E-state index contributed by atoms with van der Waals surface area (Å²) in [6.07, 6.45) is -0.276. The molecule has 0 fully saturated rings. The van der Waals surface area contributed by atoms with Gasteiger partial charge in [0.1, 0.15) is 10.7 Å². The van der Waals surface area contributed by atoms with Crippen LogP contribution in [0.25, 0.3) is 0 Å². The summed E-state index contributed by atoms with van der Waals surface area (Å²) in [6.45, 7) is 3.78. The van der Waals surface area contributed by atoms with Gasteiger partial charge in [0.15, 0.2) is 0 Å². The van der Waals surface area contributed by atoms with Crippen LogP contribution in [0.15, 0.2) is 23.1 Å². The topological polar surface area (TPSA) is 66.4 Å². The van der Waals surface area contributed by atoms with Crippen LogP contribution < -0.4 is 4.72 Å². The molecule has 0 bridgehead atoms. The molecule has 0 aliphatic rings. The van der Waals surface area contributed by atoms with Gasteiger partial charge in [0.05, 0.1) is 11.1 Å². The molecule has 4 nitrogen and oxygen atoms in total. The number of aliphatic hydroxyl groups is 1. The molecule has 0 amide bonds. The number of hydrogen-bond donors (Lipinski definition) is 2. The van der Waals surface area contributed by atoms with E-state index in [0.717, 1.165) is 18.2 Å². The molecule has 0 aliphatic carbocycles. The number of nitrogens with one attached hydrogen (secondary N) is 1. The molecule has 0 aliphatic heterocycles. The van der Waals surface area contributed by atoms with Crippen molar-refractivity contribution in [2.75, 3.05) is 6.54 Å². The first-order valence-electron chi connectivity index (χ1n) is 5.87. The number of rotatable bonds is 6. The summed E-state index contributed by atoms with van der Waals surface area (Å²) >= 11 is 5.70. The van der Waals surface area contributed by atoms with E-state index in [1.165, 1.54) is 0 Å². The molecule has 108 valence electrons. The molecule has 0 radical (unpaired) electrons. The summed E-state index contributed by atoms with van der Waals surface area (Å²) in [5.41, 5.74) is 0. The monoisotopic (exact) mass is 309 g/mol. The summed E-state index contributed by atoms with van der Waals surface area (Å²) in [5.74, 6) is -0.543. The van der Waals surface area contributed by atoms with E-state index in [9.17, 15) is 17.9 Å². The van der Waals surface area contributed by atoms with Crippen LogP contribution >= 0.6 is 11.6 Å². The molecule has 0 saturated carbocycles. The van der Waals surface area contributed by atoms with Gasteiger partial charge in [0, 0.05) is 6.54 Å². The first kappa shape index (κ1) is 16.4. The third-order valence-electron chi connectivity index (χ3n) is 2.69. The maximum absolute atomic E-state index is 12.8. The first-order chi connectivity index (χ1) is 8.74. The molecule has 1 aromatic rings. The molecule has 7 heteroatoms. The van der Waals surface area contributed by atoms with Crippen LogP contribution in [0.5, 0.6) is 0 Å². The van der Waals surface area contributed by atoms with Crippen molar-refractivity contribution in [2.24, 2.45) is 5.92 Å². The van der Waals surface area contributed by atoms with Crippen molar-refractivity contribution in [1.29, 1.82) is 0 Å². The zero-order valence-electron chi connectivity index (χ0n) is 10.7. The third-order valence-corrected chi connectivity index (χ3v) is 4.63. The smallest absolute Gasteiger partial charge is 0.242 e. The van der Waals surface area contributed by atoms with Crippen molar-refractivity contribution in [3.8, 4) is 0 Å². The van der Waals surface area contributed by atoms with Gasteiger partial charge in [-0.2, -0.15) is 0 Å². The van der Waals surface area contributed by atoms with Crippen LogP contribution in [0.3, 0.4) is 0 Å². The van der Waals surface area contributed by atoms with Crippen molar-refractivity contribution in [2.45, 2.75) is 31.3 Å². The van der Waals surface area contributed by atoms with E-state index < -0.39 is 21.9 Å². The van der Waals surface area contributed by atoms with Gasteiger partial charge in [-0.1, -0.05) is 25.4 Å². The molecule has 1 unspecified atom stereocenters. The van der Waals surface area contributed by atoms with Gasteiger partial charge >= 0.3 is 0 Å². The molecule has 1 rings (SSSR count). The molecular weight excluding hydrogens is 293 g/mol. The van der Waals surface area contributed by atoms with Crippen molar-refractivity contribution >= 4 is 21.6 Å². The van der Waals surface area contributed by atoms with Crippen molar-refractivity contribution in [3.05, 3.63) is 29.0 Å². The van der Waals surface area contributed by atoms with Crippen molar-refractivity contribution in [1.82, 2.24) is 4.72 Å². The predicted octanol–water partition coefficient (Wildman–Crippen LogP) is 2.16. The van der Waals surface area contributed by atoms with E-state index in [2.05, 4.69) is 4.72 Å². The zero-order chi connectivity index (χ0) is 14.6. The lowest BCUT2D eigenvalue weighted by molar-refractivity contribution is 0.118. The minimum atomic E-state index is -3.79. The van der Waals surface area contributed by atoms with Gasteiger partial charge in [0.2, 0.25) is 10.0 Å². The highest BCUT2D eigenvalue weighted by molar-refractivity contribution is 7.89. The number of aliphatic hydroxyl groups excluding tert-OH is 1. The second kappa shape index (κ2) is 6.65. The van der Waals surface area contributed by atoms with Gasteiger partial charge in [0.25, 0.3) is 0 Å². The lowest BCUT2D eigenvalue weighted by atomic mass is 10.1. The predicted molar refractivity (Wildman–Crippen MR) is 72.1 cm³/mol. The van der Waals surface area contributed by atoms with E-state index in [-0.39, 0.29) is 22.4 Å². The second-order valence-corrected chi connectivity index (χ2v) is 6.72. The number of hydrogen-bond acceptors (Lipinski definition) is 3. The molecule has 1 atom stereocenters. The Hall–Kier alpha value is -0.690. The van der Waals surface area contributed by atoms with Gasteiger partial charge in [-0.05, 0) is 30.5 Å². The van der Waals surface area contributed by atoms with Crippen LogP contribution in [-0.4, -0.2) is 26.2 Å². The minimum Gasteiger partial charge on any atom is -0.393 e. The largest absolute Gasteiger partial charge is 0.393 e. The molecule has 0 saturated heterocycles. The average Bonchev–Trinajstić information content (AvgIpc) is 2.27. The second-order valence-electron chi connectivity index (χ2n) is 4.57. The van der Waals surface area contributed by atoms with E-state index in [4.69, 9.17) is 11.6 Å². The number of halogens is 2. The van der Waals surface area contributed by atoms with Crippen LogP contribution in [0.1, 0.15) is 20.3 Å². The highest BCUT2D eigenvalue weighted by atomic mass is 35.5. The highest BCUT2D eigenvalue weighted by Crippen LogP contribution is 2.21. The molecule has 0 heterocycles. The molecule has 0 spiro atoms. The fraction of sp³-hybridized carbons (Fsp3) is 0.500. The van der Waals surface area contributed by atoms with Gasteiger partial charge in [-0.15, -0.1) is 0 Å². The lowest BCUT2D eigenvalue weighted by Crippen LogP contribution is -2.29. The SMILES string of the molecule is CC(C)C(O)CCNS(=O)(=O)c1ccc(F)cc1Cl. The van der Waals surface area contributed by atoms with Gasteiger partial charge in [-0.25, -0.2) is 17.5 Å². The summed E-state index contributed by atoms with van der Waals surface area (Å²) in [5, 5.41) is 9.40. The quantitative estimate of drug-likeness (QED) is 0.846. The van der Waals surface area contributed by atoms with E-state index in [0.29, 0.717) is 6.42 Å².